The van der Waals surface area contributed by atoms with E-state index in [0.717, 1.165) is 50.1 Å². The smallest absolute Gasteiger partial charge is 0.170 e. The Hall–Kier alpha value is -8.61. The second kappa shape index (κ2) is 15.1. The zero-order chi connectivity index (χ0) is 42.6. The molecule has 12 rings (SSSR count). The highest BCUT2D eigenvalue weighted by Gasteiger charge is 2.47. The number of aromatic nitrogens is 3. The van der Waals surface area contributed by atoms with E-state index in [-0.39, 0.29) is 0 Å². The minimum absolute atomic E-state index is 0.546. The highest BCUT2D eigenvalue weighted by molar-refractivity contribution is 5.89. The number of nitrogens with two attached hydrogens (primary N) is 1. The number of anilines is 1. The van der Waals surface area contributed by atoms with Crippen LogP contribution in [0.25, 0.3) is 67.5 Å². The van der Waals surface area contributed by atoms with Crippen LogP contribution < -0.4 is 15.2 Å². The molecule has 6 nitrogen and oxygen atoms in total. The third-order valence-electron chi connectivity index (χ3n) is 12.4. The van der Waals surface area contributed by atoms with Crippen LogP contribution in [0.3, 0.4) is 0 Å². The van der Waals surface area contributed by atoms with Gasteiger partial charge in [0.15, 0.2) is 40.5 Å². The zero-order valence-corrected chi connectivity index (χ0v) is 34.5. The first-order valence-corrected chi connectivity index (χ1v) is 21.4. The van der Waals surface area contributed by atoms with E-state index in [2.05, 4.69) is 133 Å². The van der Waals surface area contributed by atoms with Crippen molar-refractivity contribution in [3.05, 3.63) is 241 Å². The molecule has 0 bridgehead atoms. The molecule has 0 spiro atoms. The maximum atomic E-state index is 6.84. The maximum Gasteiger partial charge on any atom is 0.170 e. The average molecular weight is 823 g/mol. The van der Waals surface area contributed by atoms with Gasteiger partial charge in [-0.1, -0.05) is 176 Å². The Labute approximate surface area is 371 Å². The highest BCUT2D eigenvalue weighted by Crippen LogP contribution is 2.60. The summed E-state index contributed by atoms with van der Waals surface area (Å²) >= 11 is 0. The van der Waals surface area contributed by atoms with E-state index in [1.807, 2.05) is 84.9 Å². The summed E-state index contributed by atoms with van der Waals surface area (Å²) in [5.74, 6) is 4.32. The fraction of sp³-hybridized carbons (Fsp3) is 0.0172. The van der Waals surface area contributed by atoms with Crippen LogP contribution in [0.4, 0.5) is 5.69 Å². The predicted molar refractivity (Wildman–Crippen MR) is 255 cm³/mol. The van der Waals surface area contributed by atoms with Crippen LogP contribution in [0.1, 0.15) is 22.3 Å². The summed E-state index contributed by atoms with van der Waals surface area (Å²) in [6.07, 6.45) is 0. The minimum Gasteiger partial charge on any atom is -0.450 e. The van der Waals surface area contributed by atoms with E-state index < -0.39 is 5.41 Å². The van der Waals surface area contributed by atoms with Crippen molar-refractivity contribution in [2.75, 3.05) is 5.73 Å². The Kier molecular flexibility index (Phi) is 8.76. The van der Waals surface area contributed by atoms with Crippen LogP contribution in [-0.4, -0.2) is 15.0 Å². The fourth-order valence-corrected chi connectivity index (χ4v) is 9.51. The monoisotopic (exact) mass is 822 g/mol. The molecule has 0 radical (unpaired) electrons. The van der Waals surface area contributed by atoms with Gasteiger partial charge in [0.25, 0.3) is 0 Å². The van der Waals surface area contributed by atoms with Crippen molar-refractivity contribution in [1.29, 1.82) is 0 Å². The Morgan fingerprint density at radius 1 is 0.312 bits per heavy atom. The number of ether oxygens (including phenoxy) is 2. The molecule has 6 heteroatoms. The van der Waals surface area contributed by atoms with Crippen molar-refractivity contribution >= 4 is 5.69 Å². The lowest BCUT2D eigenvalue weighted by Gasteiger charge is -2.34. The van der Waals surface area contributed by atoms with Crippen molar-refractivity contribution in [2.24, 2.45) is 0 Å². The van der Waals surface area contributed by atoms with Crippen molar-refractivity contribution in [2.45, 2.75) is 5.41 Å². The molecule has 0 amide bonds. The first kappa shape index (κ1) is 37.2. The largest absolute Gasteiger partial charge is 0.450 e. The van der Waals surface area contributed by atoms with E-state index in [0.29, 0.717) is 46.2 Å². The first-order valence-electron chi connectivity index (χ1n) is 21.4. The SMILES string of the molecule is Nc1cccc(-c2cccc(-c3nc(-c4ccccc4)nc(-c4ccccc4-c4ccc5c(c4)Oc4cc6c(cc4O5)C(c4ccccc4)(c4ccccc4)c4ccccc4-6)n3)c2)c1. The van der Waals surface area contributed by atoms with Gasteiger partial charge in [0.2, 0.25) is 0 Å². The molecular weight excluding hydrogens is 785 g/mol. The quantitative estimate of drug-likeness (QED) is 0.161. The predicted octanol–water partition coefficient (Wildman–Crippen LogP) is 14.0. The molecule has 302 valence electrons. The van der Waals surface area contributed by atoms with Crippen molar-refractivity contribution < 1.29 is 9.47 Å². The fourth-order valence-electron chi connectivity index (χ4n) is 9.51. The van der Waals surface area contributed by atoms with Gasteiger partial charge in [-0.25, -0.2) is 15.0 Å². The van der Waals surface area contributed by atoms with Crippen LogP contribution in [0.5, 0.6) is 23.0 Å². The molecule has 10 aromatic rings. The third kappa shape index (κ3) is 6.15. The molecule has 0 unspecified atom stereocenters. The van der Waals surface area contributed by atoms with Gasteiger partial charge < -0.3 is 15.2 Å². The van der Waals surface area contributed by atoms with E-state index in [1.165, 1.54) is 22.3 Å². The molecule has 2 heterocycles. The molecule has 1 aliphatic heterocycles. The molecule has 2 aliphatic rings. The third-order valence-corrected chi connectivity index (χ3v) is 12.4. The van der Waals surface area contributed by atoms with E-state index in [4.69, 9.17) is 30.2 Å². The van der Waals surface area contributed by atoms with Crippen molar-refractivity contribution in [3.63, 3.8) is 0 Å². The summed E-state index contributed by atoms with van der Waals surface area (Å²) in [5, 5.41) is 0. The van der Waals surface area contributed by atoms with Gasteiger partial charge in [-0.05, 0) is 98.1 Å². The van der Waals surface area contributed by atoms with Gasteiger partial charge in [0.1, 0.15) is 0 Å². The van der Waals surface area contributed by atoms with Crippen LogP contribution in [-0.2, 0) is 5.41 Å². The number of nitrogens with zero attached hydrogens (tertiary/aromatic N) is 3. The second-order valence-corrected chi connectivity index (χ2v) is 16.2. The standard InChI is InChI=1S/C58H38N4O2/c59-44-25-15-19-39(33-44)38-18-14-20-41(32-38)56-60-55(37-16-4-1-5-17-37)61-57(62-56)47-28-11-10-26-45(47)40-30-31-51-52(34-40)64-53-35-48-46-27-12-13-29-49(46)58(42-21-6-2-7-22-42,43-23-8-3-9-24-43)50(48)36-54(53)63-51/h1-36H,59H2. The molecular formula is C58H38N4O2. The number of benzene rings is 9. The van der Waals surface area contributed by atoms with Gasteiger partial charge in [0, 0.05) is 22.4 Å². The lowest BCUT2D eigenvalue weighted by atomic mass is 9.67. The maximum absolute atomic E-state index is 6.84. The molecule has 64 heavy (non-hydrogen) atoms. The van der Waals surface area contributed by atoms with Crippen LogP contribution in [0.2, 0.25) is 0 Å². The van der Waals surface area contributed by atoms with Crippen LogP contribution in [0.15, 0.2) is 218 Å². The average Bonchev–Trinajstić information content (AvgIpc) is 3.65. The Morgan fingerprint density at radius 2 is 0.844 bits per heavy atom. The number of fused-ring (bicyclic) bond motifs is 5. The molecule has 1 aliphatic carbocycles. The Balaban J connectivity index is 0.951. The van der Waals surface area contributed by atoms with Crippen LogP contribution in [0, 0.1) is 0 Å². The summed E-state index contributed by atoms with van der Waals surface area (Å²) in [6, 6.07) is 75.0. The number of nitrogen functional groups attached to an aromatic ring is 1. The lowest BCUT2D eigenvalue weighted by molar-refractivity contribution is 0.359. The Morgan fingerprint density at radius 3 is 1.58 bits per heavy atom. The van der Waals surface area contributed by atoms with Gasteiger partial charge in [-0.3, -0.25) is 0 Å². The first-order chi connectivity index (χ1) is 31.6. The summed E-state index contributed by atoms with van der Waals surface area (Å²) in [4.78, 5) is 15.3. The molecule has 0 saturated carbocycles. The van der Waals surface area contributed by atoms with Gasteiger partial charge in [-0.2, -0.15) is 0 Å². The normalized spacial score (nSPS) is 12.8. The number of hydrogen-bond acceptors (Lipinski definition) is 6. The van der Waals surface area contributed by atoms with Crippen LogP contribution >= 0.6 is 0 Å². The van der Waals surface area contributed by atoms with Gasteiger partial charge in [-0.15, -0.1) is 0 Å². The number of rotatable bonds is 7. The molecule has 0 atom stereocenters. The van der Waals surface area contributed by atoms with Crippen molar-refractivity contribution in [1.82, 2.24) is 15.0 Å². The number of hydrogen-bond donors (Lipinski definition) is 1. The molecule has 1 aromatic heterocycles. The highest BCUT2D eigenvalue weighted by atomic mass is 16.6. The molecule has 9 aromatic carbocycles. The van der Waals surface area contributed by atoms with E-state index in [1.54, 1.807) is 0 Å². The van der Waals surface area contributed by atoms with E-state index in [9.17, 15) is 0 Å². The Bertz CT molecular complexity index is 3370. The molecule has 0 fully saturated rings. The van der Waals surface area contributed by atoms with Gasteiger partial charge in [0.05, 0.1) is 5.41 Å². The summed E-state index contributed by atoms with van der Waals surface area (Å²) < 4.78 is 13.6. The lowest BCUT2D eigenvalue weighted by Crippen LogP contribution is -2.28. The minimum atomic E-state index is -0.546. The summed E-state index contributed by atoms with van der Waals surface area (Å²) in [5.41, 5.74) is 20.0. The molecule has 0 saturated heterocycles. The van der Waals surface area contributed by atoms with E-state index >= 15 is 0 Å². The van der Waals surface area contributed by atoms with Gasteiger partial charge >= 0.3 is 0 Å². The summed E-state index contributed by atoms with van der Waals surface area (Å²) in [6.45, 7) is 0. The molecule has 2 N–H and O–H groups in total. The second-order valence-electron chi connectivity index (χ2n) is 16.2. The zero-order valence-electron chi connectivity index (χ0n) is 34.5. The topological polar surface area (TPSA) is 83.2 Å². The summed E-state index contributed by atoms with van der Waals surface area (Å²) in [7, 11) is 0. The van der Waals surface area contributed by atoms with Crippen molar-refractivity contribution in [3.8, 4) is 90.5 Å².